The Hall–Kier alpha value is -7.70. The number of aromatic nitrogens is 6. The molecule has 4 heterocycles. The molecule has 0 unspecified atom stereocenters. The SMILES string of the molecule is c1ccc(-c2cc(-c3ccccc3)nc(-c3ccc4c(c3)c3ccccc3n4-c3nc(-c4ccccc4)c4c5ccccc5n(-c5ccccc5)c4n3)n2)cc1. The topological polar surface area (TPSA) is 61.4 Å². The highest BCUT2D eigenvalue weighted by atomic mass is 15.2. The van der Waals surface area contributed by atoms with Crippen molar-refractivity contribution < 1.29 is 0 Å². The monoisotopic (exact) mass is 716 g/mol. The summed E-state index contributed by atoms with van der Waals surface area (Å²) in [6.45, 7) is 0. The molecular formula is C50H32N6. The fourth-order valence-corrected chi connectivity index (χ4v) is 8.00. The molecule has 0 aliphatic heterocycles. The lowest BCUT2D eigenvalue weighted by Gasteiger charge is -2.12. The molecule has 6 heteroatoms. The Balaban J connectivity index is 1.18. The number of hydrogen-bond donors (Lipinski definition) is 0. The van der Waals surface area contributed by atoms with Gasteiger partial charge in [-0.2, -0.15) is 4.98 Å². The van der Waals surface area contributed by atoms with Crippen LogP contribution in [-0.2, 0) is 0 Å². The van der Waals surface area contributed by atoms with Crippen molar-refractivity contribution >= 4 is 43.7 Å². The fraction of sp³-hybridized carbons (Fsp3) is 0. The predicted octanol–water partition coefficient (Wildman–Crippen LogP) is 12.1. The maximum atomic E-state index is 5.48. The van der Waals surface area contributed by atoms with Gasteiger partial charge in [-0.25, -0.2) is 15.0 Å². The van der Waals surface area contributed by atoms with Gasteiger partial charge in [-0.3, -0.25) is 9.13 Å². The lowest BCUT2D eigenvalue weighted by molar-refractivity contribution is 0.994. The van der Waals surface area contributed by atoms with E-state index < -0.39 is 0 Å². The van der Waals surface area contributed by atoms with Crippen LogP contribution in [0.5, 0.6) is 0 Å². The first-order chi connectivity index (χ1) is 27.8. The second-order valence-electron chi connectivity index (χ2n) is 13.9. The molecule has 0 saturated carbocycles. The van der Waals surface area contributed by atoms with Crippen LogP contribution in [0.3, 0.4) is 0 Å². The van der Waals surface area contributed by atoms with Gasteiger partial charge < -0.3 is 0 Å². The molecule has 0 aliphatic rings. The van der Waals surface area contributed by atoms with Crippen LogP contribution in [0.4, 0.5) is 0 Å². The van der Waals surface area contributed by atoms with Crippen molar-refractivity contribution in [1.29, 1.82) is 0 Å². The van der Waals surface area contributed by atoms with Gasteiger partial charge in [0.05, 0.1) is 39.0 Å². The van der Waals surface area contributed by atoms with Crippen LogP contribution >= 0.6 is 0 Å². The van der Waals surface area contributed by atoms with Crippen LogP contribution in [0, 0.1) is 0 Å². The summed E-state index contributed by atoms with van der Waals surface area (Å²) in [4.78, 5) is 21.2. The molecule has 0 bridgehead atoms. The van der Waals surface area contributed by atoms with Crippen LogP contribution in [0.25, 0.3) is 101 Å². The van der Waals surface area contributed by atoms with E-state index in [-0.39, 0.29) is 0 Å². The Bertz CT molecular complexity index is 3170. The Morgan fingerprint density at radius 1 is 0.339 bits per heavy atom. The average Bonchev–Trinajstić information content (AvgIpc) is 3.79. The van der Waals surface area contributed by atoms with Gasteiger partial charge in [0.2, 0.25) is 5.95 Å². The minimum absolute atomic E-state index is 0.601. The summed E-state index contributed by atoms with van der Waals surface area (Å²) in [6.07, 6.45) is 0. The van der Waals surface area contributed by atoms with Gasteiger partial charge in [-0.05, 0) is 48.5 Å². The normalized spacial score (nSPS) is 11.6. The van der Waals surface area contributed by atoms with E-state index in [0.717, 1.165) is 88.8 Å². The Morgan fingerprint density at radius 2 is 0.857 bits per heavy atom. The molecule has 0 fully saturated rings. The number of hydrogen-bond acceptors (Lipinski definition) is 4. The quantitative estimate of drug-likeness (QED) is 0.172. The Morgan fingerprint density at radius 3 is 1.50 bits per heavy atom. The van der Waals surface area contributed by atoms with Gasteiger partial charge in [0, 0.05) is 44.1 Å². The highest BCUT2D eigenvalue weighted by Gasteiger charge is 2.23. The number of fused-ring (bicyclic) bond motifs is 6. The molecule has 0 spiro atoms. The first-order valence-corrected chi connectivity index (χ1v) is 18.7. The number of nitrogens with zero attached hydrogens (tertiary/aromatic N) is 6. The largest absolute Gasteiger partial charge is 0.294 e. The smallest absolute Gasteiger partial charge is 0.237 e. The third-order valence-electron chi connectivity index (χ3n) is 10.6. The van der Waals surface area contributed by atoms with Gasteiger partial charge in [0.25, 0.3) is 0 Å². The van der Waals surface area contributed by atoms with Crippen LogP contribution in [-0.4, -0.2) is 29.1 Å². The van der Waals surface area contributed by atoms with Gasteiger partial charge >= 0.3 is 0 Å². The molecule has 262 valence electrons. The predicted molar refractivity (Wildman–Crippen MR) is 228 cm³/mol. The minimum atomic E-state index is 0.601. The zero-order valence-electron chi connectivity index (χ0n) is 30.2. The molecule has 0 atom stereocenters. The van der Waals surface area contributed by atoms with Crippen molar-refractivity contribution in [2.45, 2.75) is 0 Å². The third kappa shape index (κ3) is 5.19. The summed E-state index contributed by atoms with van der Waals surface area (Å²) >= 11 is 0. The molecule has 11 aromatic rings. The highest BCUT2D eigenvalue weighted by Crippen LogP contribution is 2.40. The van der Waals surface area contributed by atoms with Crippen molar-refractivity contribution in [3.8, 4) is 56.8 Å². The van der Waals surface area contributed by atoms with Crippen LogP contribution in [0.2, 0.25) is 0 Å². The average molecular weight is 717 g/mol. The van der Waals surface area contributed by atoms with Crippen molar-refractivity contribution in [3.63, 3.8) is 0 Å². The van der Waals surface area contributed by atoms with Crippen molar-refractivity contribution in [3.05, 3.63) is 194 Å². The van der Waals surface area contributed by atoms with Crippen molar-refractivity contribution in [1.82, 2.24) is 29.1 Å². The molecule has 0 aliphatic carbocycles. The van der Waals surface area contributed by atoms with Crippen LogP contribution in [0.15, 0.2) is 194 Å². The zero-order chi connectivity index (χ0) is 37.0. The van der Waals surface area contributed by atoms with E-state index in [9.17, 15) is 0 Å². The molecular weight excluding hydrogens is 685 g/mol. The second-order valence-corrected chi connectivity index (χ2v) is 13.9. The second kappa shape index (κ2) is 13.0. The Labute approximate surface area is 322 Å². The molecule has 11 rings (SSSR count). The number of benzene rings is 7. The van der Waals surface area contributed by atoms with E-state index in [1.807, 2.05) is 48.5 Å². The first-order valence-electron chi connectivity index (χ1n) is 18.7. The van der Waals surface area contributed by atoms with Crippen LogP contribution < -0.4 is 0 Å². The lowest BCUT2D eigenvalue weighted by atomic mass is 10.1. The molecule has 0 amide bonds. The summed E-state index contributed by atoms with van der Waals surface area (Å²) in [6, 6.07) is 67.1. The molecule has 4 aromatic heterocycles. The summed E-state index contributed by atoms with van der Waals surface area (Å²) in [5.41, 5.74) is 11.7. The Kier molecular flexibility index (Phi) is 7.38. The molecule has 0 N–H and O–H groups in total. The molecule has 0 radical (unpaired) electrons. The summed E-state index contributed by atoms with van der Waals surface area (Å²) in [5.74, 6) is 1.27. The lowest BCUT2D eigenvalue weighted by Crippen LogP contribution is -2.05. The maximum Gasteiger partial charge on any atom is 0.237 e. The standard InChI is InChI=1S/C50H32N6/c1-5-17-33(18-6-1)41-32-42(34-19-7-2-8-20-34)52-48(51-41)36-29-30-45-40(31-36)38-25-13-15-27-43(38)56(45)50-53-47(35-21-9-3-10-22-35)46-39-26-14-16-28-44(39)55(49(46)54-50)37-23-11-4-12-24-37/h1-32H. The molecule has 0 saturated heterocycles. The van der Waals surface area contributed by atoms with E-state index in [0.29, 0.717) is 11.8 Å². The van der Waals surface area contributed by atoms with Crippen molar-refractivity contribution in [2.24, 2.45) is 0 Å². The summed E-state index contributed by atoms with van der Waals surface area (Å²) < 4.78 is 4.46. The van der Waals surface area contributed by atoms with E-state index in [2.05, 4.69) is 155 Å². The first kappa shape index (κ1) is 31.8. The van der Waals surface area contributed by atoms with Crippen LogP contribution in [0.1, 0.15) is 0 Å². The fourth-order valence-electron chi connectivity index (χ4n) is 8.00. The maximum absolute atomic E-state index is 5.48. The van der Waals surface area contributed by atoms with E-state index >= 15 is 0 Å². The van der Waals surface area contributed by atoms with E-state index in [1.54, 1.807) is 0 Å². The summed E-state index contributed by atoms with van der Waals surface area (Å²) in [7, 11) is 0. The molecule has 56 heavy (non-hydrogen) atoms. The van der Waals surface area contributed by atoms with Gasteiger partial charge in [-0.15, -0.1) is 0 Å². The minimum Gasteiger partial charge on any atom is -0.294 e. The molecule has 6 nitrogen and oxygen atoms in total. The van der Waals surface area contributed by atoms with E-state index in [1.165, 1.54) is 0 Å². The highest BCUT2D eigenvalue weighted by molar-refractivity contribution is 6.14. The summed E-state index contributed by atoms with van der Waals surface area (Å²) in [5, 5.41) is 4.30. The third-order valence-corrected chi connectivity index (χ3v) is 10.6. The van der Waals surface area contributed by atoms with E-state index in [4.69, 9.17) is 19.9 Å². The van der Waals surface area contributed by atoms with Gasteiger partial charge in [0.15, 0.2) is 11.5 Å². The van der Waals surface area contributed by atoms with Gasteiger partial charge in [0.1, 0.15) is 0 Å². The van der Waals surface area contributed by atoms with Crippen molar-refractivity contribution in [2.75, 3.05) is 0 Å². The number of rotatable bonds is 6. The zero-order valence-corrected chi connectivity index (χ0v) is 30.2. The van der Waals surface area contributed by atoms with Gasteiger partial charge in [-0.1, -0.05) is 146 Å². The molecule has 7 aromatic carbocycles. The number of para-hydroxylation sites is 3.